The zero-order chi connectivity index (χ0) is 9.42. The van der Waals surface area contributed by atoms with Crippen molar-refractivity contribution in [3.05, 3.63) is 0 Å². The van der Waals surface area contributed by atoms with Gasteiger partial charge in [-0.25, -0.2) is 0 Å². The van der Waals surface area contributed by atoms with Crippen molar-refractivity contribution in [3.8, 4) is 0 Å². The Hall–Kier alpha value is -0.570. The molecule has 1 saturated carbocycles. The van der Waals surface area contributed by atoms with E-state index in [9.17, 15) is 4.79 Å². The van der Waals surface area contributed by atoms with E-state index < -0.39 is 0 Å². The molecule has 74 valence electrons. The summed E-state index contributed by atoms with van der Waals surface area (Å²) < 4.78 is 0. The van der Waals surface area contributed by atoms with Gasteiger partial charge in [0.25, 0.3) is 0 Å². The molecule has 0 aromatic rings. The van der Waals surface area contributed by atoms with Gasteiger partial charge in [-0.05, 0) is 25.7 Å². The fraction of sp³-hybridized carbons (Fsp3) is 0.900. The Labute approximate surface area is 79.5 Å². The van der Waals surface area contributed by atoms with E-state index >= 15 is 0 Å². The number of amides is 1. The Bertz CT molecular complexity index is 209. The summed E-state index contributed by atoms with van der Waals surface area (Å²) >= 11 is 0. The molecule has 0 radical (unpaired) electrons. The number of rotatable bonds is 3. The van der Waals surface area contributed by atoms with Crippen LogP contribution in [-0.4, -0.2) is 37.0 Å². The van der Waals surface area contributed by atoms with E-state index in [0.717, 1.165) is 19.0 Å². The van der Waals surface area contributed by atoms with E-state index in [0.29, 0.717) is 11.9 Å². The lowest BCUT2D eigenvalue weighted by atomic mass is 10.0. The minimum Gasteiger partial charge on any atom is -0.342 e. The molecule has 1 amide bonds. The Kier molecular flexibility index (Phi) is 2.28. The molecule has 3 nitrogen and oxygen atoms in total. The van der Waals surface area contributed by atoms with Crippen molar-refractivity contribution >= 4 is 5.91 Å². The Morgan fingerprint density at radius 1 is 1.46 bits per heavy atom. The first-order chi connectivity index (χ1) is 6.20. The molecule has 1 unspecified atom stereocenters. The lowest BCUT2D eigenvalue weighted by Gasteiger charge is -2.33. The van der Waals surface area contributed by atoms with Gasteiger partial charge in [0.15, 0.2) is 0 Å². The van der Waals surface area contributed by atoms with Gasteiger partial charge in [-0.1, -0.05) is 0 Å². The van der Waals surface area contributed by atoms with Crippen LogP contribution in [0.25, 0.3) is 0 Å². The smallest absolute Gasteiger partial charge is 0.228 e. The monoisotopic (exact) mass is 182 g/mol. The fourth-order valence-electron chi connectivity index (χ4n) is 1.85. The first kappa shape index (κ1) is 9.00. The number of nitrogens with one attached hydrogen (secondary N) is 1. The molecule has 2 aliphatic rings. The predicted octanol–water partition coefficient (Wildman–Crippen LogP) is 0.463. The highest BCUT2D eigenvalue weighted by Gasteiger charge is 2.35. The van der Waals surface area contributed by atoms with E-state index in [1.54, 1.807) is 0 Å². The van der Waals surface area contributed by atoms with Crippen LogP contribution in [0.15, 0.2) is 0 Å². The largest absolute Gasteiger partial charge is 0.342 e. The van der Waals surface area contributed by atoms with Crippen molar-refractivity contribution in [2.75, 3.05) is 20.1 Å². The van der Waals surface area contributed by atoms with E-state index in [2.05, 4.69) is 12.2 Å². The van der Waals surface area contributed by atoms with Crippen molar-refractivity contribution in [1.29, 1.82) is 0 Å². The van der Waals surface area contributed by atoms with Gasteiger partial charge in [-0.2, -0.15) is 0 Å². The summed E-state index contributed by atoms with van der Waals surface area (Å²) in [6, 6.07) is 0.452. The third-order valence-corrected chi connectivity index (χ3v) is 3.39. The van der Waals surface area contributed by atoms with Crippen molar-refractivity contribution < 1.29 is 4.79 Å². The molecule has 2 rings (SSSR count). The molecule has 1 saturated heterocycles. The molecular weight excluding hydrogens is 164 g/mol. The van der Waals surface area contributed by atoms with Crippen molar-refractivity contribution in [2.45, 2.75) is 25.8 Å². The summed E-state index contributed by atoms with van der Waals surface area (Å²) in [7, 11) is 1.95. The quantitative estimate of drug-likeness (QED) is 0.688. The summed E-state index contributed by atoms with van der Waals surface area (Å²) in [6.07, 6.45) is 2.61. The summed E-state index contributed by atoms with van der Waals surface area (Å²) in [6.45, 7) is 3.92. The molecule has 3 heteroatoms. The molecule has 0 bridgehead atoms. The van der Waals surface area contributed by atoms with Crippen molar-refractivity contribution in [3.63, 3.8) is 0 Å². The second-order valence-corrected chi connectivity index (χ2v) is 4.38. The maximum Gasteiger partial charge on any atom is 0.228 e. The lowest BCUT2D eigenvalue weighted by Crippen LogP contribution is -2.53. The van der Waals surface area contributed by atoms with Crippen molar-refractivity contribution in [1.82, 2.24) is 10.2 Å². The van der Waals surface area contributed by atoms with E-state index in [1.165, 1.54) is 12.8 Å². The average Bonchev–Trinajstić information content (AvgIpc) is 2.80. The van der Waals surface area contributed by atoms with E-state index in [-0.39, 0.29) is 5.92 Å². The summed E-state index contributed by atoms with van der Waals surface area (Å²) in [4.78, 5) is 13.7. The van der Waals surface area contributed by atoms with Crippen LogP contribution in [0, 0.1) is 11.8 Å². The van der Waals surface area contributed by atoms with Crippen LogP contribution in [0.5, 0.6) is 0 Å². The zero-order valence-corrected chi connectivity index (χ0v) is 8.42. The minimum absolute atomic E-state index is 0.256. The maximum atomic E-state index is 11.8. The number of carbonyl (C=O) groups is 1. The van der Waals surface area contributed by atoms with Crippen LogP contribution in [0.4, 0.5) is 0 Å². The van der Waals surface area contributed by atoms with Crippen molar-refractivity contribution in [2.24, 2.45) is 11.8 Å². The molecule has 1 aliphatic carbocycles. The highest BCUT2D eigenvalue weighted by molar-refractivity contribution is 5.80. The fourth-order valence-corrected chi connectivity index (χ4v) is 1.85. The summed E-state index contributed by atoms with van der Waals surface area (Å²) in [5, 5.41) is 3.13. The van der Waals surface area contributed by atoms with Gasteiger partial charge >= 0.3 is 0 Å². The van der Waals surface area contributed by atoms with Gasteiger partial charge in [0.1, 0.15) is 0 Å². The van der Waals surface area contributed by atoms with Crippen LogP contribution >= 0.6 is 0 Å². The molecule has 1 N–H and O–H groups in total. The number of carbonyl (C=O) groups excluding carboxylic acids is 1. The predicted molar refractivity (Wildman–Crippen MR) is 51.3 cm³/mol. The molecule has 13 heavy (non-hydrogen) atoms. The molecule has 0 aromatic heterocycles. The number of hydrogen-bond donors (Lipinski definition) is 1. The van der Waals surface area contributed by atoms with Crippen LogP contribution in [0.1, 0.15) is 19.8 Å². The molecule has 0 spiro atoms. The van der Waals surface area contributed by atoms with E-state index in [4.69, 9.17) is 0 Å². The molecule has 1 atom stereocenters. The van der Waals surface area contributed by atoms with Crippen LogP contribution in [0.3, 0.4) is 0 Å². The SMILES string of the molecule is CC(C1CC1)N(C)C(=O)C1CNC1. The van der Waals surface area contributed by atoms with Gasteiger partial charge in [0, 0.05) is 26.2 Å². The van der Waals surface area contributed by atoms with Gasteiger partial charge < -0.3 is 10.2 Å². The van der Waals surface area contributed by atoms with Gasteiger partial charge in [-0.15, -0.1) is 0 Å². The van der Waals surface area contributed by atoms with Gasteiger partial charge in [-0.3, -0.25) is 4.79 Å². The first-order valence-corrected chi connectivity index (χ1v) is 5.17. The number of hydrogen-bond acceptors (Lipinski definition) is 2. The van der Waals surface area contributed by atoms with Crippen LogP contribution in [0.2, 0.25) is 0 Å². The van der Waals surface area contributed by atoms with Crippen LogP contribution < -0.4 is 5.32 Å². The Morgan fingerprint density at radius 3 is 2.46 bits per heavy atom. The average molecular weight is 182 g/mol. The normalized spacial score (nSPS) is 25.1. The second-order valence-electron chi connectivity index (χ2n) is 4.38. The Balaban J connectivity index is 1.86. The highest BCUT2D eigenvalue weighted by atomic mass is 16.2. The third kappa shape index (κ3) is 1.70. The number of nitrogens with zero attached hydrogens (tertiary/aromatic N) is 1. The van der Waals surface area contributed by atoms with E-state index in [1.807, 2.05) is 11.9 Å². The van der Waals surface area contributed by atoms with Gasteiger partial charge in [0.05, 0.1) is 5.92 Å². The Morgan fingerprint density at radius 2 is 2.08 bits per heavy atom. The summed E-state index contributed by atoms with van der Waals surface area (Å²) in [5.74, 6) is 1.37. The standard InChI is InChI=1S/C10H18N2O/c1-7(8-3-4-8)12(2)10(13)9-5-11-6-9/h7-9,11H,3-6H2,1-2H3. The molecule has 1 aliphatic heterocycles. The maximum absolute atomic E-state index is 11.8. The minimum atomic E-state index is 0.256. The zero-order valence-electron chi connectivity index (χ0n) is 8.42. The lowest BCUT2D eigenvalue weighted by molar-refractivity contribution is -0.137. The molecule has 2 fully saturated rings. The molecule has 0 aromatic carbocycles. The second kappa shape index (κ2) is 3.29. The van der Waals surface area contributed by atoms with Gasteiger partial charge in [0.2, 0.25) is 5.91 Å². The summed E-state index contributed by atoms with van der Waals surface area (Å²) in [5.41, 5.74) is 0. The highest BCUT2D eigenvalue weighted by Crippen LogP contribution is 2.35. The molecular formula is C10H18N2O. The topological polar surface area (TPSA) is 32.3 Å². The van der Waals surface area contributed by atoms with Crippen LogP contribution in [-0.2, 0) is 4.79 Å². The third-order valence-electron chi connectivity index (χ3n) is 3.39. The first-order valence-electron chi connectivity index (χ1n) is 5.17. The molecule has 1 heterocycles.